The van der Waals surface area contributed by atoms with Crippen LogP contribution in [0, 0.1) is 5.92 Å². The van der Waals surface area contributed by atoms with Gasteiger partial charge in [0.2, 0.25) is 5.91 Å². The number of carbonyl (C=O) groups is 2. The molecule has 0 saturated carbocycles. The van der Waals surface area contributed by atoms with Gasteiger partial charge in [-0.25, -0.2) is 8.42 Å². The number of nitrogens with zero attached hydrogens (tertiary/aromatic N) is 1. The summed E-state index contributed by atoms with van der Waals surface area (Å²) in [6, 6.07) is 0. The molecule has 120 valence electrons. The molecule has 0 aliphatic carbocycles. The zero-order chi connectivity index (χ0) is 15.5. The smallest absolute Gasteiger partial charge is 0.303 e. The highest BCUT2D eigenvalue weighted by Crippen LogP contribution is 2.26. The molecule has 2 aliphatic rings. The van der Waals surface area contributed by atoms with E-state index < -0.39 is 15.8 Å². The van der Waals surface area contributed by atoms with Gasteiger partial charge in [-0.1, -0.05) is 0 Å². The second-order valence-corrected chi connectivity index (χ2v) is 9.30. The van der Waals surface area contributed by atoms with E-state index in [1.165, 1.54) is 11.8 Å². The van der Waals surface area contributed by atoms with Gasteiger partial charge in [0, 0.05) is 24.8 Å². The van der Waals surface area contributed by atoms with Crippen LogP contribution in [0.2, 0.25) is 0 Å². The number of rotatable bonds is 5. The maximum atomic E-state index is 12.2. The molecule has 2 heterocycles. The maximum Gasteiger partial charge on any atom is 0.303 e. The number of likely N-dealkylation sites (tertiary alicyclic amines) is 1. The fraction of sp³-hybridized carbons (Fsp3) is 0.846. The number of hydrogen-bond acceptors (Lipinski definition) is 5. The van der Waals surface area contributed by atoms with E-state index in [1.807, 2.05) is 0 Å². The van der Waals surface area contributed by atoms with E-state index in [9.17, 15) is 18.0 Å². The van der Waals surface area contributed by atoms with Gasteiger partial charge in [-0.2, -0.15) is 0 Å². The Morgan fingerprint density at radius 2 is 2.05 bits per heavy atom. The van der Waals surface area contributed by atoms with Crippen LogP contribution in [-0.2, 0) is 19.4 Å². The van der Waals surface area contributed by atoms with Crippen molar-refractivity contribution in [2.45, 2.75) is 30.9 Å². The van der Waals surface area contributed by atoms with Crippen molar-refractivity contribution < 1.29 is 23.1 Å². The Kier molecular flexibility index (Phi) is 5.54. The summed E-state index contributed by atoms with van der Waals surface area (Å²) >= 11 is 1.42. The first-order chi connectivity index (χ1) is 9.85. The fourth-order valence-electron chi connectivity index (χ4n) is 2.88. The number of sulfone groups is 1. The van der Waals surface area contributed by atoms with Gasteiger partial charge in [-0.15, -0.1) is 11.8 Å². The molecule has 21 heavy (non-hydrogen) atoms. The molecule has 0 aromatic rings. The molecule has 1 amide bonds. The van der Waals surface area contributed by atoms with Gasteiger partial charge in [0.05, 0.1) is 17.3 Å². The molecule has 2 rings (SSSR count). The molecule has 0 bridgehead atoms. The quantitative estimate of drug-likeness (QED) is 0.792. The highest BCUT2D eigenvalue weighted by Gasteiger charge is 2.30. The number of carboxylic acid groups (broad SMARTS) is 1. The number of carbonyl (C=O) groups excluding carboxylic acids is 1. The summed E-state index contributed by atoms with van der Waals surface area (Å²) in [5, 5.41) is 8.85. The molecule has 8 heteroatoms. The highest BCUT2D eigenvalue weighted by molar-refractivity contribution is 8.02. The lowest BCUT2D eigenvalue weighted by Gasteiger charge is -2.32. The molecule has 2 saturated heterocycles. The molecule has 2 aliphatic heterocycles. The van der Waals surface area contributed by atoms with Gasteiger partial charge in [-0.3, -0.25) is 9.59 Å². The fourth-order valence-corrected chi connectivity index (χ4v) is 6.42. The topological polar surface area (TPSA) is 91.8 Å². The lowest BCUT2D eigenvalue weighted by Crippen LogP contribution is -2.41. The molecule has 2 unspecified atom stereocenters. The van der Waals surface area contributed by atoms with Gasteiger partial charge in [0.1, 0.15) is 0 Å². The van der Waals surface area contributed by atoms with Crippen LogP contribution >= 0.6 is 11.8 Å². The van der Waals surface area contributed by atoms with Gasteiger partial charge in [-0.05, 0) is 25.2 Å². The molecule has 2 atom stereocenters. The number of thioether (sulfide) groups is 1. The van der Waals surface area contributed by atoms with Crippen LogP contribution in [0.25, 0.3) is 0 Å². The first-order valence-corrected chi connectivity index (χ1v) is 10.0. The molecule has 2 fully saturated rings. The van der Waals surface area contributed by atoms with E-state index in [0.717, 1.165) is 12.8 Å². The van der Waals surface area contributed by atoms with Crippen molar-refractivity contribution in [3.63, 3.8) is 0 Å². The van der Waals surface area contributed by atoms with Gasteiger partial charge < -0.3 is 10.0 Å². The van der Waals surface area contributed by atoms with Crippen molar-refractivity contribution in [3.8, 4) is 0 Å². The zero-order valence-corrected chi connectivity index (χ0v) is 13.5. The van der Waals surface area contributed by atoms with Crippen LogP contribution < -0.4 is 0 Å². The third-order valence-corrected chi connectivity index (χ3v) is 7.23. The lowest BCUT2D eigenvalue weighted by molar-refractivity contribution is -0.140. The van der Waals surface area contributed by atoms with E-state index >= 15 is 0 Å². The second-order valence-electron chi connectivity index (χ2n) is 5.78. The molecule has 0 aromatic heterocycles. The van der Waals surface area contributed by atoms with E-state index in [0.29, 0.717) is 25.3 Å². The Morgan fingerprint density at radius 1 is 1.29 bits per heavy atom. The Labute approximate surface area is 129 Å². The Bertz CT molecular complexity index is 505. The van der Waals surface area contributed by atoms with Gasteiger partial charge in [0.25, 0.3) is 0 Å². The van der Waals surface area contributed by atoms with Crippen molar-refractivity contribution in [2.75, 3.05) is 30.3 Å². The van der Waals surface area contributed by atoms with Crippen molar-refractivity contribution in [1.82, 2.24) is 4.90 Å². The summed E-state index contributed by atoms with van der Waals surface area (Å²) in [5.74, 6) is -0.0909. The predicted molar refractivity (Wildman–Crippen MR) is 81.1 cm³/mol. The summed E-state index contributed by atoms with van der Waals surface area (Å²) in [7, 11) is -2.90. The first-order valence-electron chi connectivity index (χ1n) is 7.17. The normalized spacial score (nSPS) is 28.5. The lowest BCUT2D eigenvalue weighted by atomic mass is 9.95. The van der Waals surface area contributed by atoms with Crippen molar-refractivity contribution in [1.29, 1.82) is 0 Å². The van der Waals surface area contributed by atoms with Crippen molar-refractivity contribution >= 4 is 33.5 Å². The van der Waals surface area contributed by atoms with E-state index in [4.69, 9.17) is 5.11 Å². The molecule has 0 radical (unpaired) electrons. The predicted octanol–water partition coefficient (Wildman–Crippen LogP) is 0.620. The standard InChI is InChI=1S/C13H21NO5S2/c15-12(8-20-11-3-5-21(18,19)9-11)14-4-1-2-10(7-14)6-13(16)17/h10-11H,1-9H2,(H,16,17). The minimum absolute atomic E-state index is 0.000568. The highest BCUT2D eigenvalue weighted by atomic mass is 32.2. The number of carboxylic acids is 1. The molecule has 0 spiro atoms. The third kappa shape index (κ3) is 5.18. The van der Waals surface area contributed by atoms with Crippen LogP contribution in [0.3, 0.4) is 0 Å². The van der Waals surface area contributed by atoms with Gasteiger partial charge >= 0.3 is 5.97 Å². The van der Waals surface area contributed by atoms with Crippen molar-refractivity contribution in [3.05, 3.63) is 0 Å². The SMILES string of the molecule is O=C(O)CC1CCCN(C(=O)CSC2CCS(=O)(=O)C2)C1. The minimum atomic E-state index is -2.90. The van der Waals surface area contributed by atoms with E-state index in [-0.39, 0.29) is 35.0 Å². The molecule has 0 aromatic carbocycles. The van der Waals surface area contributed by atoms with Crippen LogP contribution in [0.4, 0.5) is 0 Å². The maximum absolute atomic E-state index is 12.2. The largest absolute Gasteiger partial charge is 0.481 e. The second kappa shape index (κ2) is 7.00. The summed E-state index contributed by atoms with van der Waals surface area (Å²) in [4.78, 5) is 24.6. The summed E-state index contributed by atoms with van der Waals surface area (Å²) in [5.41, 5.74) is 0. The summed E-state index contributed by atoms with van der Waals surface area (Å²) < 4.78 is 22.7. The van der Waals surface area contributed by atoms with Crippen LogP contribution in [0.1, 0.15) is 25.7 Å². The number of amides is 1. The Hall–Kier alpha value is -0.760. The molecule has 1 N–H and O–H groups in total. The average molecular weight is 335 g/mol. The van der Waals surface area contributed by atoms with Gasteiger partial charge in [0.15, 0.2) is 9.84 Å². The van der Waals surface area contributed by atoms with E-state index in [1.54, 1.807) is 4.90 Å². The zero-order valence-electron chi connectivity index (χ0n) is 11.9. The Balaban J connectivity index is 1.76. The number of piperidine rings is 1. The third-order valence-electron chi connectivity index (χ3n) is 3.97. The van der Waals surface area contributed by atoms with E-state index in [2.05, 4.69) is 0 Å². The monoisotopic (exact) mass is 335 g/mol. The van der Waals surface area contributed by atoms with Crippen molar-refractivity contribution in [2.24, 2.45) is 5.92 Å². The van der Waals surface area contributed by atoms with Crippen LogP contribution in [0.5, 0.6) is 0 Å². The first kappa shape index (κ1) is 16.6. The summed E-state index contributed by atoms with van der Waals surface area (Å²) in [6.45, 7) is 1.19. The molecular weight excluding hydrogens is 314 g/mol. The van der Waals surface area contributed by atoms with Crippen LogP contribution in [0.15, 0.2) is 0 Å². The number of hydrogen-bond donors (Lipinski definition) is 1. The Morgan fingerprint density at radius 3 is 2.67 bits per heavy atom. The number of aliphatic carboxylic acids is 1. The minimum Gasteiger partial charge on any atom is -0.481 e. The average Bonchev–Trinajstić information content (AvgIpc) is 2.75. The van der Waals surface area contributed by atoms with Crippen LogP contribution in [-0.4, -0.2) is 65.9 Å². The summed E-state index contributed by atoms with van der Waals surface area (Å²) in [6.07, 6.45) is 2.43. The molecular formula is C13H21NO5S2. The molecule has 6 nitrogen and oxygen atoms in total.